The Kier molecular flexibility index (Phi) is 4.96. The molecule has 1 atom stereocenters. The third-order valence-corrected chi connectivity index (χ3v) is 5.60. The van der Waals surface area contributed by atoms with Gasteiger partial charge in [-0.1, -0.05) is 45.0 Å². The Labute approximate surface area is 156 Å². The zero-order valence-corrected chi connectivity index (χ0v) is 16.3. The maximum atomic E-state index is 13.2. The van der Waals surface area contributed by atoms with Crippen LogP contribution in [0.4, 0.5) is 0 Å². The van der Waals surface area contributed by atoms with Gasteiger partial charge in [-0.25, -0.2) is 4.98 Å². The molecule has 0 fully saturated rings. The number of nitrogens with zero attached hydrogens (tertiary/aromatic N) is 2. The molecule has 0 saturated heterocycles. The number of hydrogen-bond donors (Lipinski definition) is 1. The lowest BCUT2D eigenvalue weighted by Crippen LogP contribution is -2.35. The normalized spacial score (nSPS) is 12.7. The van der Waals surface area contributed by atoms with Gasteiger partial charge in [0.15, 0.2) is 0 Å². The Morgan fingerprint density at radius 1 is 1.27 bits per heavy atom. The quantitative estimate of drug-likeness (QED) is 0.738. The lowest BCUT2D eigenvalue weighted by atomic mass is 9.99. The Bertz CT molecular complexity index is 1020. The zero-order valence-electron chi connectivity index (χ0n) is 15.4. The van der Waals surface area contributed by atoms with Gasteiger partial charge in [0.25, 0.3) is 5.56 Å². The van der Waals surface area contributed by atoms with Crippen molar-refractivity contribution in [2.75, 3.05) is 0 Å². The van der Waals surface area contributed by atoms with Crippen LogP contribution in [-0.4, -0.2) is 15.5 Å². The fourth-order valence-corrected chi connectivity index (χ4v) is 4.23. The molecule has 3 aromatic rings. The van der Waals surface area contributed by atoms with E-state index in [1.807, 2.05) is 24.4 Å². The molecular formula is C20H23N3O2S. The van der Waals surface area contributed by atoms with Gasteiger partial charge in [-0.15, -0.1) is 11.3 Å². The van der Waals surface area contributed by atoms with Gasteiger partial charge in [0.05, 0.1) is 5.39 Å². The van der Waals surface area contributed by atoms with Crippen molar-refractivity contribution >= 4 is 27.5 Å². The number of primary amides is 1. The fraction of sp³-hybridized carbons (Fsp3) is 0.350. The molecule has 0 aliphatic carbocycles. The first kappa shape index (κ1) is 18.3. The van der Waals surface area contributed by atoms with Gasteiger partial charge in [0.2, 0.25) is 5.91 Å². The molecular weight excluding hydrogens is 346 g/mol. The van der Waals surface area contributed by atoms with Crippen molar-refractivity contribution in [1.29, 1.82) is 0 Å². The molecule has 26 heavy (non-hydrogen) atoms. The standard InChI is InChI=1S/C20H23N3O2S/c1-5-16(18(21)24)23-12(4)22-19-17(20(23)25)15(10-26-19)14-8-6-13(7-9-14)11(2)3/h6-11,16H,5H2,1-4H3,(H2,21,24). The van der Waals surface area contributed by atoms with Gasteiger partial charge >= 0.3 is 0 Å². The molecule has 0 saturated carbocycles. The van der Waals surface area contributed by atoms with Gasteiger partial charge < -0.3 is 5.73 Å². The first-order chi connectivity index (χ1) is 12.3. The molecule has 2 N–H and O–H groups in total. The predicted molar refractivity (Wildman–Crippen MR) is 107 cm³/mol. The second-order valence-electron chi connectivity index (χ2n) is 6.77. The number of carbonyl (C=O) groups excluding carboxylic acids is 1. The van der Waals surface area contributed by atoms with Crippen molar-refractivity contribution in [2.45, 2.75) is 46.1 Å². The van der Waals surface area contributed by atoms with E-state index in [0.29, 0.717) is 28.4 Å². The van der Waals surface area contributed by atoms with E-state index in [1.165, 1.54) is 21.5 Å². The van der Waals surface area contributed by atoms with E-state index in [2.05, 4.69) is 31.0 Å². The number of carbonyl (C=O) groups is 1. The topological polar surface area (TPSA) is 78.0 Å². The van der Waals surface area contributed by atoms with Crippen molar-refractivity contribution in [3.05, 3.63) is 51.4 Å². The number of nitrogens with two attached hydrogens (primary N) is 1. The van der Waals surface area contributed by atoms with E-state index in [1.54, 1.807) is 6.92 Å². The summed E-state index contributed by atoms with van der Waals surface area (Å²) in [6, 6.07) is 7.55. The maximum Gasteiger partial charge on any atom is 0.263 e. The summed E-state index contributed by atoms with van der Waals surface area (Å²) in [5, 5.41) is 2.51. The number of aromatic nitrogens is 2. The minimum Gasteiger partial charge on any atom is -0.368 e. The SMILES string of the molecule is CCC(C(N)=O)n1c(C)nc2scc(-c3ccc(C(C)C)cc3)c2c1=O. The molecule has 5 nitrogen and oxygen atoms in total. The number of fused-ring (bicyclic) bond motifs is 1. The lowest BCUT2D eigenvalue weighted by molar-refractivity contribution is -0.121. The average Bonchev–Trinajstić information content (AvgIpc) is 3.02. The van der Waals surface area contributed by atoms with Gasteiger partial charge in [0, 0.05) is 10.9 Å². The number of amides is 1. The smallest absolute Gasteiger partial charge is 0.263 e. The van der Waals surface area contributed by atoms with Crippen LogP contribution >= 0.6 is 11.3 Å². The van der Waals surface area contributed by atoms with Gasteiger partial charge in [0.1, 0.15) is 16.7 Å². The molecule has 3 rings (SSSR count). The Hall–Kier alpha value is -2.47. The van der Waals surface area contributed by atoms with E-state index >= 15 is 0 Å². The van der Waals surface area contributed by atoms with Crippen molar-refractivity contribution < 1.29 is 4.79 Å². The summed E-state index contributed by atoms with van der Waals surface area (Å²) < 4.78 is 1.43. The fourth-order valence-electron chi connectivity index (χ4n) is 3.24. The van der Waals surface area contributed by atoms with E-state index in [4.69, 9.17) is 5.73 Å². The summed E-state index contributed by atoms with van der Waals surface area (Å²) >= 11 is 1.44. The van der Waals surface area contributed by atoms with E-state index in [9.17, 15) is 9.59 Å². The van der Waals surface area contributed by atoms with Crippen molar-refractivity contribution in [3.63, 3.8) is 0 Å². The first-order valence-electron chi connectivity index (χ1n) is 8.75. The molecule has 1 unspecified atom stereocenters. The highest BCUT2D eigenvalue weighted by molar-refractivity contribution is 7.17. The Balaban J connectivity index is 2.23. The van der Waals surface area contributed by atoms with Crippen LogP contribution in [0.1, 0.15) is 50.5 Å². The maximum absolute atomic E-state index is 13.2. The summed E-state index contributed by atoms with van der Waals surface area (Å²) in [4.78, 5) is 30.2. The second kappa shape index (κ2) is 7.03. The van der Waals surface area contributed by atoms with Crippen molar-refractivity contribution in [3.8, 4) is 11.1 Å². The molecule has 6 heteroatoms. The van der Waals surface area contributed by atoms with Crippen LogP contribution in [0.2, 0.25) is 0 Å². The van der Waals surface area contributed by atoms with Crippen LogP contribution in [0, 0.1) is 6.92 Å². The number of thiophene rings is 1. The second-order valence-corrected chi connectivity index (χ2v) is 7.62. The third kappa shape index (κ3) is 3.05. The molecule has 0 spiro atoms. The largest absolute Gasteiger partial charge is 0.368 e. The highest BCUT2D eigenvalue weighted by atomic mass is 32.1. The summed E-state index contributed by atoms with van der Waals surface area (Å²) in [5.41, 5.74) is 8.38. The van der Waals surface area contributed by atoms with Crippen molar-refractivity contribution in [2.24, 2.45) is 5.73 Å². The Morgan fingerprint density at radius 3 is 2.46 bits per heavy atom. The lowest BCUT2D eigenvalue weighted by Gasteiger charge is -2.17. The molecule has 0 aliphatic heterocycles. The predicted octanol–water partition coefficient (Wildman–Crippen LogP) is 3.99. The molecule has 2 aromatic heterocycles. The molecule has 1 aromatic carbocycles. The first-order valence-corrected chi connectivity index (χ1v) is 9.63. The van der Waals surface area contributed by atoms with Gasteiger partial charge in [-0.3, -0.25) is 14.2 Å². The van der Waals surface area contributed by atoms with Crippen LogP contribution in [0.3, 0.4) is 0 Å². The minimum absolute atomic E-state index is 0.206. The van der Waals surface area contributed by atoms with Gasteiger partial charge in [-0.2, -0.15) is 0 Å². The molecule has 1 amide bonds. The molecule has 0 radical (unpaired) electrons. The van der Waals surface area contributed by atoms with Crippen LogP contribution in [-0.2, 0) is 4.79 Å². The Morgan fingerprint density at radius 2 is 1.92 bits per heavy atom. The van der Waals surface area contributed by atoms with E-state index in [0.717, 1.165) is 11.1 Å². The highest BCUT2D eigenvalue weighted by Gasteiger charge is 2.23. The zero-order chi connectivity index (χ0) is 19.0. The van der Waals surface area contributed by atoms with Crippen LogP contribution in [0.5, 0.6) is 0 Å². The van der Waals surface area contributed by atoms with Crippen molar-refractivity contribution in [1.82, 2.24) is 9.55 Å². The summed E-state index contributed by atoms with van der Waals surface area (Å²) in [5.74, 6) is 0.444. The number of rotatable bonds is 5. The van der Waals surface area contributed by atoms with Gasteiger partial charge in [-0.05, 0) is 30.4 Å². The monoisotopic (exact) mass is 369 g/mol. The number of benzene rings is 1. The molecule has 0 aliphatic rings. The summed E-state index contributed by atoms with van der Waals surface area (Å²) in [6.07, 6.45) is 0.450. The third-order valence-electron chi connectivity index (χ3n) is 4.73. The van der Waals surface area contributed by atoms with Crippen LogP contribution in [0.15, 0.2) is 34.4 Å². The molecule has 136 valence electrons. The summed E-state index contributed by atoms with van der Waals surface area (Å²) in [6.45, 7) is 7.87. The highest BCUT2D eigenvalue weighted by Crippen LogP contribution is 2.32. The van der Waals surface area contributed by atoms with Crippen LogP contribution in [0.25, 0.3) is 21.3 Å². The number of hydrogen-bond acceptors (Lipinski definition) is 4. The summed E-state index contributed by atoms with van der Waals surface area (Å²) in [7, 11) is 0. The van der Waals surface area contributed by atoms with Crippen LogP contribution < -0.4 is 11.3 Å². The minimum atomic E-state index is -0.685. The van der Waals surface area contributed by atoms with E-state index in [-0.39, 0.29) is 5.56 Å². The molecule has 0 bridgehead atoms. The van der Waals surface area contributed by atoms with E-state index < -0.39 is 11.9 Å². The number of aryl methyl sites for hydroxylation is 1. The average molecular weight is 369 g/mol. The molecule has 2 heterocycles.